The topological polar surface area (TPSA) is 20.2 Å². The summed E-state index contributed by atoms with van der Waals surface area (Å²) in [7, 11) is 0. The first-order valence-corrected chi connectivity index (χ1v) is 2.38. The summed E-state index contributed by atoms with van der Waals surface area (Å²) in [5.74, 6) is 0.722. The number of aliphatic hydroxyl groups excluding tert-OH is 1. The Morgan fingerprint density at radius 2 is 2.43 bits per heavy atom. The monoisotopic (exact) mass is 96.1 g/mol. The summed E-state index contributed by atoms with van der Waals surface area (Å²) >= 11 is 0. The molecule has 0 aliphatic heterocycles. The van der Waals surface area contributed by atoms with Crippen molar-refractivity contribution in [3.05, 3.63) is 24.0 Å². The second-order valence-electron chi connectivity index (χ2n) is 1.77. The van der Waals surface area contributed by atoms with Gasteiger partial charge < -0.3 is 5.11 Å². The van der Waals surface area contributed by atoms with Crippen LogP contribution in [0.4, 0.5) is 0 Å². The Balaban J connectivity index is 2.69. The normalized spacial score (nSPS) is 28.1. The maximum Gasteiger partial charge on any atom is 0.0988 e. The van der Waals surface area contributed by atoms with Crippen molar-refractivity contribution in [1.29, 1.82) is 0 Å². The van der Waals surface area contributed by atoms with Gasteiger partial charge in [0.1, 0.15) is 0 Å². The molecule has 0 unspecified atom stereocenters. The van der Waals surface area contributed by atoms with Crippen molar-refractivity contribution in [2.75, 3.05) is 0 Å². The molecule has 1 heteroatoms. The zero-order valence-electron chi connectivity index (χ0n) is 4.26. The minimum Gasteiger partial charge on any atom is -0.512 e. The van der Waals surface area contributed by atoms with Crippen molar-refractivity contribution in [3.63, 3.8) is 0 Å². The lowest BCUT2D eigenvalue weighted by Crippen LogP contribution is -1.87. The van der Waals surface area contributed by atoms with Crippen molar-refractivity contribution in [2.24, 2.45) is 5.92 Å². The lowest BCUT2D eigenvalue weighted by atomic mass is 10.2. The molecule has 1 nitrogen and oxygen atoms in total. The average molecular weight is 96.1 g/mol. The SMILES string of the molecule is C[C@H]1C=CC=C1O. The van der Waals surface area contributed by atoms with E-state index in [1.54, 1.807) is 6.08 Å². The van der Waals surface area contributed by atoms with Crippen molar-refractivity contribution >= 4 is 0 Å². The van der Waals surface area contributed by atoms with Crippen LogP contribution in [0.3, 0.4) is 0 Å². The molecule has 0 aromatic carbocycles. The fourth-order valence-electron chi connectivity index (χ4n) is 0.571. The van der Waals surface area contributed by atoms with Gasteiger partial charge in [-0.3, -0.25) is 0 Å². The Kier molecular flexibility index (Phi) is 0.895. The van der Waals surface area contributed by atoms with Crippen LogP contribution in [0.5, 0.6) is 0 Å². The second kappa shape index (κ2) is 1.41. The summed E-state index contributed by atoms with van der Waals surface area (Å²) in [6, 6.07) is 0. The van der Waals surface area contributed by atoms with Gasteiger partial charge in [-0.05, 0) is 6.08 Å². The minimum atomic E-state index is 0.250. The van der Waals surface area contributed by atoms with Crippen molar-refractivity contribution in [2.45, 2.75) is 6.92 Å². The fourth-order valence-corrected chi connectivity index (χ4v) is 0.571. The maximum absolute atomic E-state index is 8.80. The highest BCUT2D eigenvalue weighted by atomic mass is 16.3. The van der Waals surface area contributed by atoms with E-state index in [0.717, 1.165) is 0 Å². The van der Waals surface area contributed by atoms with Gasteiger partial charge in [-0.1, -0.05) is 19.1 Å². The highest BCUT2D eigenvalue weighted by Gasteiger charge is 2.04. The molecule has 1 atom stereocenters. The van der Waals surface area contributed by atoms with Crippen LogP contribution in [-0.4, -0.2) is 5.11 Å². The molecular formula is C6H8O. The molecule has 0 bridgehead atoms. The molecule has 0 heterocycles. The molecule has 0 aromatic heterocycles. The summed E-state index contributed by atoms with van der Waals surface area (Å²) in [4.78, 5) is 0. The van der Waals surface area contributed by atoms with Gasteiger partial charge in [0.25, 0.3) is 0 Å². The zero-order valence-corrected chi connectivity index (χ0v) is 4.26. The van der Waals surface area contributed by atoms with E-state index in [9.17, 15) is 0 Å². The molecule has 0 fully saturated rings. The third-order valence-corrected chi connectivity index (χ3v) is 1.13. The summed E-state index contributed by atoms with van der Waals surface area (Å²) in [6.07, 6.45) is 5.53. The zero-order chi connectivity index (χ0) is 5.28. The third kappa shape index (κ3) is 0.660. The summed E-state index contributed by atoms with van der Waals surface area (Å²) in [5, 5.41) is 8.80. The summed E-state index contributed by atoms with van der Waals surface area (Å²) in [5.41, 5.74) is 0. The van der Waals surface area contributed by atoms with Crippen molar-refractivity contribution in [3.8, 4) is 0 Å². The lowest BCUT2D eigenvalue weighted by Gasteiger charge is -1.95. The van der Waals surface area contributed by atoms with Crippen molar-refractivity contribution in [1.82, 2.24) is 0 Å². The predicted molar refractivity (Wildman–Crippen MR) is 29.0 cm³/mol. The highest BCUT2D eigenvalue weighted by molar-refractivity contribution is 5.20. The van der Waals surface area contributed by atoms with E-state index in [1.807, 2.05) is 19.1 Å². The summed E-state index contributed by atoms with van der Waals surface area (Å²) in [6.45, 7) is 1.95. The van der Waals surface area contributed by atoms with Crippen LogP contribution in [0, 0.1) is 5.92 Å². The van der Waals surface area contributed by atoms with Gasteiger partial charge in [-0.15, -0.1) is 0 Å². The Bertz CT molecular complexity index is 122. The lowest BCUT2D eigenvalue weighted by molar-refractivity contribution is 0.370. The predicted octanol–water partition coefficient (Wildman–Crippen LogP) is 1.63. The molecule has 7 heavy (non-hydrogen) atoms. The van der Waals surface area contributed by atoms with Gasteiger partial charge in [0.2, 0.25) is 0 Å². The standard InChI is InChI=1S/C6H8O/c1-5-3-2-4-6(5)7/h2-5,7H,1H3/t5-/m0/s1. The molecule has 38 valence electrons. The number of rotatable bonds is 0. The third-order valence-electron chi connectivity index (χ3n) is 1.13. The van der Waals surface area contributed by atoms with Gasteiger partial charge >= 0.3 is 0 Å². The van der Waals surface area contributed by atoms with Crippen molar-refractivity contribution < 1.29 is 5.11 Å². The van der Waals surface area contributed by atoms with Gasteiger partial charge in [-0.2, -0.15) is 0 Å². The van der Waals surface area contributed by atoms with Gasteiger partial charge in [0.15, 0.2) is 0 Å². The van der Waals surface area contributed by atoms with Crippen LogP contribution in [0.25, 0.3) is 0 Å². The average Bonchev–Trinajstić information content (AvgIpc) is 1.91. The van der Waals surface area contributed by atoms with Crippen LogP contribution in [0.15, 0.2) is 24.0 Å². The Hall–Kier alpha value is -0.720. The molecule has 0 aromatic rings. The number of hydrogen-bond donors (Lipinski definition) is 1. The van der Waals surface area contributed by atoms with Crippen LogP contribution in [0.2, 0.25) is 0 Å². The molecular weight excluding hydrogens is 88.1 g/mol. The molecule has 0 saturated heterocycles. The first kappa shape index (κ1) is 4.44. The summed E-state index contributed by atoms with van der Waals surface area (Å²) < 4.78 is 0. The van der Waals surface area contributed by atoms with Gasteiger partial charge in [-0.25, -0.2) is 0 Å². The van der Waals surface area contributed by atoms with Crippen LogP contribution >= 0.6 is 0 Å². The van der Waals surface area contributed by atoms with Crippen LogP contribution < -0.4 is 0 Å². The molecule has 0 saturated carbocycles. The van der Waals surface area contributed by atoms with E-state index in [0.29, 0.717) is 5.76 Å². The number of hydrogen-bond acceptors (Lipinski definition) is 1. The maximum atomic E-state index is 8.80. The Morgan fingerprint density at radius 3 is 2.57 bits per heavy atom. The quantitative estimate of drug-likeness (QED) is 0.486. The molecule has 1 aliphatic rings. The minimum absolute atomic E-state index is 0.250. The van der Waals surface area contributed by atoms with E-state index in [4.69, 9.17) is 5.11 Å². The Morgan fingerprint density at radius 1 is 1.71 bits per heavy atom. The first-order valence-electron chi connectivity index (χ1n) is 2.38. The van der Waals surface area contributed by atoms with Crippen LogP contribution in [0.1, 0.15) is 6.92 Å². The molecule has 1 N–H and O–H groups in total. The van der Waals surface area contributed by atoms with E-state index in [1.165, 1.54) is 0 Å². The van der Waals surface area contributed by atoms with E-state index in [2.05, 4.69) is 0 Å². The second-order valence-corrected chi connectivity index (χ2v) is 1.77. The van der Waals surface area contributed by atoms with Gasteiger partial charge in [0, 0.05) is 5.92 Å². The molecule has 0 amide bonds. The molecule has 0 radical (unpaired) electrons. The highest BCUT2D eigenvalue weighted by Crippen LogP contribution is 2.13. The molecule has 1 aliphatic carbocycles. The number of allylic oxidation sites excluding steroid dienone is 3. The fraction of sp³-hybridized carbons (Fsp3) is 0.333. The molecule has 1 rings (SSSR count). The number of aliphatic hydroxyl groups is 1. The van der Waals surface area contributed by atoms with Gasteiger partial charge in [0.05, 0.1) is 5.76 Å². The Labute approximate surface area is 43.0 Å². The van der Waals surface area contributed by atoms with E-state index >= 15 is 0 Å². The first-order chi connectivity index (χ1) is 3.30. The van der Waals surface area contributed by atoms with E-state index in [-0.39, 0.29) is 5.92 Å². The largest absolute Gasteiger partial charge is 0.512 e. The smallest absolute Gasteiger partial charge is 0.0988 e. The van der Waals surface area contributed by atoms with Crippen LogP contribution in [-0.2, 0) is 0 Å². The molecule has 0 spiro atoms. The van der Waals surface area contributed by atoms with E-state index < -0.39 is 0 Å².